The Morgan fingerprint density at radius 2 is 1.83 bits per heavy atom. The fraction of sp³-hybridized carbons (Fsp3) is 0.625. The third kappa shape index (κ3) is 5.19. The van der Waals surface area contributed by atoms with E-state index >= 15 is 0 Å². The van der Waals surface area contributed by atoms with Crippen LogP contribution in [0.15, 0.2) is 18.2 Å². The van der Waals surface area contributed by atoms with E-state index in [9.17, 15) is 0 Å². The van der Waals surface area contributed by atoms with Crippen LogP contribution in [0.25, 0.3) is 0 Å². The molecule has 2 heteroatoms. The molecule has 0 fully saturated rings. The summed E-state index contributed by atoms with van der Waals surface area (Å²) in [7, 11) is 0. The number of rotatable bonds is 7. The van der Waals surface area contributed by atoms with Gasteiger partial charge in [-0.2, -0.15) is 0 Å². The Hall–Kier alpha value is -0.860. The average Bonchev–Trinajstić information content (AvgIpc) is 2.31. The van der Waals surface area contributed by atoms with Gasteiger partial charge < -0.3 is 10.1 Å². The van der Waals surface area contributed by atoms with Gasteiger partial charge in [0.25, 0.3) is 0 Å². The van der Waals surface area contributed by atoms with Crippen molar-refractivity contribution in [3.05, 3.63) is 34.9 Å². The second kappa shape index (κ2) is 7.55. The van der Waals surface area contributed by atoms with Gasteiger partial charge in [-0.05, 0) is 43.4 Å². The van der Waals surface area contributed by atoms with Crippen LogP contribution in [-0.2, 0) is 4.74 Å². The van der Waals surface area contributed by atoms with Gasteiger partial charge >= 0.3 is 0 Å². The predicted molar refractivity (Wildman–Crippen MR) is 78.0 cm³/mol. The molecule has 0 spiro atoms. The van der Waals surface area contributed by atoms with Gasteiger partial charge in [-0.1, -0.05) is 32.0 Å². The van der Waals surface area contributed by atoms with Crippen molar-refractivity contribution >= 4 is 0 Å². The van der Waals surface area contributed by atoms with Crippen LogP contribution in [0.4, 0.5) is 0 Å². The molecular weight excluding hydrogens is 222 g/mol. The maximum atomic E-state index is 5.56. The van der Waals surface area contributed by atoms with Crippen LogP contribution < -0.4 is 5.32 Å². The Labute approximate surface area is 112 Å². The highest BCUT2D eigenvalue weighted by Crippen LogP contribution is 2.16. The summed E-state index contributed by atoms with van der Waals surface area (Å²) >= 11 is 0. The minimum absolute atomic E-state index is 0.381. The van der Waals surface area contributed by atoms with Gasteiger partial charge in [-0.25, -0.2) is 0 Å². The Balaban J connectivity index is 2.31. The molecule has 102 valence electrons. The lowest BCUT2D eigenvalue weighted by molar-refractivity contribution is 0.110. The van der Waals surface area contributed by atoms with Crippen LogP contribution in [0.5, 0.6) is 0 Å². The summed E-state index contributed by atoms with van der Waals surface area (Å²) in [6.07, 6.45) is 0. The Kier molecular flexibility index (Phi) is 6.37. The molecule has 0 amide bonds. The molecular formula is C16H27NO. The topological polar surface area (TPSA) is 21.3 Å². The zero-order valence-corrected chi connectivity index (χ0v) is 12.4. The van der Waals surface area contributed by atoms with Crippen molar-refractivity contribution in [3.63, 3.8) is 0 Å². The van der Waals surface area contributed by atoms with E-state index in [1.807, 2.05) is 0 Å². The van der Waals surface area contributed by atoms with Crippen LogP contribution in [-0.4, -0.2) is 19.8 Å². The lowest BCUT2D eigenvalue weighted by Gasteiger charge is -2.16. The number of hydrogen-bond acceptors (Lipinski definition) is 2. The van der Waals surface area contributed by atoms with E-state index < -0.39 is 0 Å². The summed E-state index contributed by atoms with van der Waals surface area (Å²) in [5.74, 6) is 0.613. The van der Waals surface area contributed by atoms with E-state index in [1.165, 1.54) is 16.7 Å². The summed E-state index contributed by atoms with van der Waals surface area (Å²) in [5, 5.41) is 3.49. The van der Waals surface area contributed by atoms with E-state index in [1.54, 1.807) is 0 Å². The number of nitrogens with one attached hydrogen (secondary N) is 1. The monoisotopic (exact) mass is 249 g/mol. The second-order valence-electron chi connectivity index (χ2n) is 5.49. The molecule has 0 bridgehead atoms. The number of hydrogen-bond donors (Lipinski definition) is 1. The molecule has 1 unspecified atom stereocenters. The first-order valence-corrected chi connectivity index (χ1v) is 6.89. The molecule has 0 aliphatic rings. The van der Waals surface area contributed by atoms with Gasteiger partial charge in [0.1, 0.15) is 0 Å². The minimum Gasteiger partial charge on any atom is -0.380 e. The highest BCUT2D eigenvalue weighted by molar-refractivity contribution is 5.31. The fourth-order valence-electron chi connectivity index (χ4n) is 1.82. The zero-order valence-electron chi connectivity index (χ0n) is 12.4. The Morgan fingerprint density at radius 1 is 1.11 bits per heavy atom. The molecule has 1 aromatic carbocycles. The van der Waals surface area contributed by atoms with Gasteiger partial charge in [0.2, 0.25) is 0 Å². The third-order valence-corrected chi connectivity index (χ3v) is 3.18. The molecule has 1 N–H and O–H groups in total. The molecule has 0 saturated carbocycles. The predicted octanol–water partition coefficient (Wildman–Crippen LogP) is 3.63. The maximum absolute atomic E-state index is 5.56. The molecule has 0 aromatic heterocycles. The molecule has 0 saturated heterocycles. The Bertz CT molecular complexity index is 360. The molecule has 0 aliphatic heterocycles. The maximum Gasteiger partial charge on any atom is 0.0591 e. The third-order valence-electron chi connectivity index (χ3n) is 3.18. The van der Waals surface area contributed by atoms with Crippen molar-refractivity contribution in [1.29, 1.82) is 0 Å². The molecule has 1 atom stereocenters. The standard InChI is InChI=1S/C16H27NO/c1-12(2)11-18-9-8-17-15(5)16-7-6-13(3)14(4)10-16/h6-7,10,12,15,17H,8-9,11H2,1-5H3. The summed E-state index contributed by atoms with van der Waals surface area (Å²) in [4.78, 5) is 0. The lowest BCUT2D eigenvalue weighted by Crippen LogP contribution is -2.24. The van der Waals surface area contributed by atoms with Gasteiger partial charge in [0.05, 0.1) is 6.61 Å². The van der Waals surface area contributed by atoms with Crippen LogP contribution in [0.1, 0.15) is 43.5 Å². The highest BCUT2D eigenvalue weighted by Gasteiger charge is 2.05. The van der Waals surface area contributed by atoms with E-state index in [4.69, 9.17) is 4.74 Å². The quantitative estimate of drug-likeness (QED) is 0.745. The van der Waals surface area contributed by atoms with Crippen molar-refractivity contribution in [2.45, 2.75) is 40.7 Å². The summed E-state index contributed by atoms with van der Waals surface area (Å²) in [6.45, 7) is 13.4. The second-order valence-corrected chi connectivity index (χ2v) is 5.49. The molecule has 0 radical (unpaired) electrons. The van der Waals surface area contributed by atoms with Crippen molar-refractivity contribution < 1.29 is 4.74 Å². The van der Waals surface area contributed by atoms with Gasteiger partial charge in [0, 0.05) is 19.2 Å². The summed E-state index contributed by atoms with van der Waals surface area (Å²) in [6, 6.07) is 7.04. The SMILES string of the molecule is Cc1ccc(C(C)NCCOCC(C)C)cc1C. The van der Waals surface area contributed by atoms with E-state index in [0.29, 0.717) is 12.0 Å². The van der Waals surface area contributed by atoms with Gasteiger partial charge in [-0.3, -0.25) is 0 Å². The fourth-order valence-corrected chi connectivity index (χ4v) is 1.82. The largest absolute Gasteiger partial charge is 0.380 e. The number of ether oxygens (including phenoxy) is 1. The first kappa shape index (κ1) is 15.2. The summed E-state index contributed by atoms with van der Waals surface area (Å²) in [5.41, 5.74) is 4.06. The van der Waals surface area contributed by atoms with E-state index in [0.717, 1.165) is 19.8 Å². The Morgan fingerprint density at radius 3 is 2.44 bits per heavy atom. The van der Waals surface area contributed by atoms with Crippen LogP contribution >= 0.6 is 0 Å². The van der Waals surface area contributed by atoms with Crippen LogP contribution in [0.2, 0.25) is 0 Å². The smallest absolute Gasteiger partial charge is 0.0591 e. The number of benzene rings is 1. The zero-order chi connectivity index (χ0) is 13.5. The first-order chi connectivity index (χ1) is 8.50. The average molecular weight is 249 g/mol. The number of aryl methyl sites for hydroxylation is 2. The van der Waals surface area contributed by atoms with Crippen LogP contribution in [0, 0.1) is 19.8 Å². The normalized spacial score (nSPS) is 13.0. The van der Waals surface area contributed by atoms with E-state index in [-0.39, 0.29) is 0 Å². The molecule has 0 heterocycles. The molecule has 0 aliphatic carbocycles. The lowest BCUT2D eigenvalue weighted by atomic mass is 10.0. The molecule has 2 nitrogen and oxygen atoms in total. The highest BCUT2D eigenvalue weighted by atomic mass is 16.5. The van der Waals surface area contributed by atoms with Gasteiger partial charge in [0.15, 0.2) is 0 Å². The van der Waals surface area contributed by atoms with Gasteiger partial charge in [-0.15, -0.1) is 0 Å². The molecule has 1 rings (SSSR count). The summed E-state index contributed by atoms with van der Waals surface area (Å²) < 4.78 is 5.56. The van der Waals surface area contributed by atoms with Crippen molar-refractivity contribution in [2.24, 2.45) is 5.92 Å². The van der Waals surface area contributed by atoms with E-state index in [2.05, 4.69) is 58.1 Å². The molecule has 18 heavy (non-hydrogen) atoms. The van der Waals surface area contributed by atoms with Crippen molar-refractivity contribution in [2.75, 3.05) is 19.8 Å². The van der Waals surface area contributed by atoms with Crippen molar-refractivity contribution in [1.82, 2.24) is 5.32 Å². The minimum atomic E-state index is 0.381. The van der Waals surface area contributed by atoms with Crippen molar-refractivity contribution in [3.8, 4) is 0 Å². The van der Waals surface area contributed by atoms with Crippen LogP contribution in [0.3, 0.4) is 0 Å². The molecule has 1 aromatic rings. The first-order valence-electron chi connectivity index (χ1n) is 6.89.